The Morgan fingerprint density at radius 2 is 1.70 bits per heavy atom. The van der Waals surface area contributed by atoms with Crippen LogP contribution in [0.15, 0.2) is 53.4 Å². The fraction of sp³-hybridized carbons (Fsp3) is 0.381. The lowest BCUT2D eigenvalue weighted by Gasteiger charge is -2.20. The average molecular weight is 385 g/mol. The van der Waals surface area contributed by atoms with Crippen molar-refractivity contribution < 1.29 is 13.2 Å². The first-order valence-corrected chi connectivity index (χ1v) is 10.9. The van der Waals surface area contributed by atoms with Crippen molar-refractivity contribution in [2.45, 2.75) is 43.5 Å². The Hall–Kier alpha value is -2.18. The lowest BCUT2D eigenvalue weighted by Crippen LogP contribution is -2.30. The molecule has 27 heavy (non-hydrogen) atoms. The predicted molar refractivity (Wildman–Crippen MR) is 105 cm³/mol. The van der Waals surface area contributed by atoms with Crippen LogP contribution in [0.5, 0.6) is 0 Å². The number of rotatable bonds is 6. The summed E-state index contributed by atoms with van der Waals surface area (Å²) in [7, 11) is -3.63. The number of nitrogens with zero attached hydrogens (tertiary/aromatic N) is 1. The first-order chi connectivity index (χ1) is 12.9. The topological polar surface area (TPSA) is 66.5 Å². The lowest BCUT2D eigenvalue weighted by atomic mass is 10.0. The number of benzene rings is 2. The fourth-order valence-electron chi connectivity index (χ4n) is 3.60. The molecule has 0 aromatic heterocycles. The van der Waals surface area contributed by atoms with Gasteiger partial charge in [-0.2, -0.15) is 0 Å². The van der Waals surface area contributed by atoms with Gasteiger partial charge < -0.3 is 4.90 Å². The third-order valence-corrected chi connectivity index (χ3v) is 6.80. The van der Waals surface area contributed by atoms with Gasteiger partial charge in [0.25, 0.3) is 0 Å². The van der Waals surface area contributed by atoms with Crippen LogP contribution in [0.2, 0.25) is 0 Å². The third kappa shape index (κ3) is 3.92. The monoisotopic (exact) mass is 384 g/mol. The molecule has 1 saturated carbocycles. The number of carbonyl (C=O) groups excluding carboxylic acids is 1. The molecular weight excluding hydrogens is 360 g/mol. The molecule has 6 heteroatoms. The number of hydrogen-bond acceptors (Lipinski definition) is 3. The first-order valence-electron chi connectivity index (χ1n) is 9.43. The summed E-state index contributed by atoms with van der Waals surface area (Å²) < 4.78 is 28.7. The van der Waals surface area contributed by atoms with Crippen molar-refractivity contribution in [1.29, 1.82) is 0 Å². The van der Waals surface area contributed by atoms with Crippen molar-refractivity contribution in [3.63, 3.8) is 0 Å². The molecule has 5 nitrogen and oxygen atoms in total. The fourth-order valence-corrected chi connectivity index (χ4v) is 4.89. The highest BCUT2D eigenvalue weighted by Crippen LogP contribution is 2.41. The Kier molecular flexibility index (Phi) is 4.78. The minimum absolute atomic E-state index is 0.0944. The van der Waals surface area contributed by atoms with E-state index in [4.69, 9.17) is 0 Å². The van der Waals surface area contributed by atoms with E-state index in [1.165, 1.54) is 0 Å². The molecule has 2 aromatic carbocycles. The van der Waals surface area contributed by atoms with Crippen molar-refractivity contribution >= 4 is 21.6 Å². The summed E-state index contributed by atoms with van der Waals surface area (Å²) in [4.78, 5) is 13.8. The maximum atomic E-state index is 12.9. The zero-order valence-corrected chi connectivity index (χ0v) is 16.2. The van der Waals surface area contributed by atoms with Crippen LogP contribution in [0.4, 0.5) is 5.69 Å². The van der Waals surface area contributed by atoms with E-state index in [0.29, 0.717) is 18.9 Å². The quantitative estimate of drug-likeness (QED) is 0.828. The highest BCUT2D eigenvalue weighted by atomic mass is 32.2. The molecule has 2 fully saturated rings. The SMILES string of the molecule is Cc1ccc(C(NS(=O)(=O)c2ccc(N3CCCC3=O)cc2)C2CC2)cc1. The smallest absolute Gasteiger partial charge is 0.241 e. The molecule has 0 bridgehead atoms. The van der Waals surface area contributed by atoms with Gasteiger partial charge in [-0.05, 0) is 61.9 Å². The number of aryl methyl sites for hydroxylation is 1. The summed E-state index contributed by atoms with van der Waals surface area (Å²) in [6.45, 7) is 2.72. The van der Waals surface area contributed by atoms with Gasteiger partial charge in [0.05, 0.1) is 4.90 Å². The molecule has 1 amide bonds. The number of amides is 1. The number of sulfonamides is 1. The summed E-state index contributed by atoms with van der Waals surface area (Å²) in [6, 6.07) is 14.4. The summed E-state index contributed by atoms with van der Waals surface area (Å²) in [5, 5.41) is 0. The van der Waals surface area contributed by atoms with E-state index in [2.05, 4.69) is 4.72 Å². The minimum atomic E-state index is -3.63. The Balaban J connectivity index is 1.55. The molecule has 2 aliphatic rings. The summed E-state index contributed by atoms with van der Waals surface area (Å²) in [6.07, 6.45) is 3.48. The molecule has 1 saturated heterocycles. The van der Waals surface area contributed by atoms with E-state index >= 15 is 0 Å². The molecule has 142 valence electrons. The van der Waals surface area contributed by atoms with Crippen LogP contribution in [0.25, 0.3) is 0 Å². The Labute approximate surface area is 160 Å². The molecule has 1 heterocycles. The van der Waals surface area contributed by atoms with Crippen LogP contribution < -0.4 is 9.62 Å². The minimum Gasteiger partial charge on any atom is -0.312 e. The molecule has 1 aliphatic heterocycles. The van der Waals surface area contributed by atoms with Crippen molar-refractivity contribution in [2.75, 3.05) is 11.4 Å². The van der Waals surface area contributed by atoms with Crippen molar-refractivity contribution in [1.82, 2.24) is 4.72 Å². The maximum Gasteiger partial charge on any atom is 0.241 e. The highest BCUT2D eigenvalue weighted by molar-refractivity contribution is 7.89. The van der Waals surface area contributed by atoms with Crippen LogP contribution in [-0.4, -0.2) is 20.9 Å². The zero-order valence-electron chi connectivity index (χ0n) is 15.4. The van der Waals surface area contributed by atoms with Crippen LogP contribution in [0, 0.1) is 12.8 Å². The van der Waals surface area contributed by atoms with Crippen LogP contribution in [-0.2, 0) is 14.8 Å². The van der Waals surface area contributed by atoms with E-state index in [1.54, 1.807) is 29.2 Å². The molecule has 4 rings (SSSR count). The summed E-state index contributed by atoms with van der Waals surface area (Å²) in [5.41, 5.74) is 2.92. The number of hydrogen-bond donors (Lipinski definition) is 1. The Bertz CT molecular complexity index is 932. The van der Waals surface area contributed by atoms with Crippen LogP contribution >= 0.6 is 0 Å². The largest absolute Gasteiger partial charge is 0.312 e. The van der Waals surface area contributed by atoms with Crippen molar-refractivity contribution in [3.8, 4) is 0 Å². The first kappa shape index (κ1) is 18.2. The molecular formula is C21H24N2O3S. The van der Waals surface area contributed by atoms with E-state index in [0.717, 1.165) is 36.1 Å². The van der Waals surface area contributed by atoms with Crippen LogP contribution in [0.1, 0.15) is 42.9 Å². The number of anilines is 1. The maximum absolute atomic E-state index is 12.9. The second-order valence-corrected chi connectivity index (χ2v) is 9.20. The second kappa shape index (κ2) is 7.09. The van der Waals surface area contributed by atoms with Gasteiger partial charge in [0.15, 0.2) is 0 Å². The number of nitrogens with one attached hydrogen (secondary N) is 1. The highest BCUT2D eigenvalue weighted by Gasteiger charge is 2.35. The summed E-state index contributed by atoms with van der Waals surface area (Å²) >= 11 is 0. The van der Waals surface area contributed by atoms with Gasteiger partial charge in [0, 0.05) is 24.7 Å². The van der Waals surface area contributed by atoms with Gasteiger partial charge in [-0.15, -0.1) is 0 Å². The van der Waals surface area contributed by atoms with Crippen LogP contribution in [0.3, 0.4) is 0 Å². The molecule has 1 N–H and O–H groups in total. The predicted octanol–water partition coefficient (Wildman–Crippen LogP) is 3.55. The average Bonchev–Trinajstić information content (AvgIpc) is 3.41. The molecule has 1 unspecified atom stereocenters. The van der Waals surface area contributed by atoms with E-state index in [-0.39, 0.29) is 16.8 Å². The molecule has 0 radical (unpaired) electrons. The van der Waals surface area contributed by atoms with E-state index < -0.39 is 10.0 Å². The Morgan fingerprint density at radius 3 is 2.26 bits per heavy atom. The van der Waals surface area contributed by atoms with Gasteiger partial charge in [-0.3, -0.25) is 4.79 Å². The molecule has 2 aromatic rings. The second-order valence-electron chi connectivity index (χ2n) is 7.49. The normalized spacial score (nSPS) is 18.7. The van der Waals surface area contributed by atoms with Gasteiger partial charge >= 0.3 is 0 Å². The summed E-state index contributed by atoms with van der Waals surface area (Å²) in [5.74, 6) is 0.445. The van der Waals surface area contributed by atoms with Gasteiger partial charge in [0.1, 0.15) is 0 Å². The van der Waals surface area contributed by atoms with Gasteiger partial charge in [-0.25, -0.2) is 13.1 Å². The van der Waals surface area contributed by atoms with Crippen molar-refractivity contribution in [3.05, 3.63) is 59.7 Å². The Morgan fingerprint density at radius 1 is 1.04 bits per heavy atom. The van der Waals surface area contributed by atoms with E-state index in [1.807, 2.05) is 31.2 Å². The zero-order chi connectivity index (χ0) is 19.0. The number of carbonyl (C=O) groups is 1. The standard InChI is InChI=1S/C21H24N2O3S/c1-15-4-6-16(7-5-15)21(17-8-9-17)22-27(25,26)19-12-10-18(11-13-19)23-14-2-3-20(23)24/h4-7,10-13,17,21-22H,2-3,8-9,14H2,1H3. The molecule has 1 atom stereocenters. The van der Waals surface area contributed by atoms with E-state index in [9.17, 15) is 13.2 Å². The van der Waals surface area contributed by atoms with Gasteiger partial charge in [0.2, 0.25) is 15.9 Å². The van der Waals surface area contributed by atoms with Gasteiger partial charge in [-0.1, -0.05) is 29.8 Å². The molecule has 1 aliphatic carbocycles. The third-order valence-electron chi connectivity index (χ3n) is 5.34. The molecule has 0 spiro atoms. The lowest BCUT2D eigenvalue weighted by molar-refractivity contribution is -0.117. The van der Waals surface area contributed by atoms with Crippen molar-refractivity contribution in [2.24, 2.45) is 5.92 Å².